The van der Waals surface area contributed by atoms with E-state index in [0.717, 1.165) is 6.42 Å². The van der Waals surface area contributed by atoms with Crippen molar-refractivity contribution >= 4 is 11.9 Å². The number of hydrogen-bond donors (Lipinski definition) is 1. The second kappa shape index (κ2) is 7.54. The zero-order chi connectivity index (χ0) is 10.1. The first kappa shape index (κ1) is 11.9. The van der Waals surface area contributed by atoms with E-state index in [9.17, 15) is 9.59 Å². The van der Waals surface area contributed by atoms with E-state index >= 15 is 0 Å². The summed E-state index contributed by atoms with van der Waals surface area (Å²) in [5.41, 5.74) is 0. The number of aliphatic carboxylic acids is 1. The molecule has 0 aromatic heterocycles. The SMILES string of the molecule is CCCOOC(=O)CCCC(=O)O. The molecule has 0 bridgehead atoms. The van der Waals surface area contributed by atoms with Gasteiger partial charge in [-0.3, -0.25) is 9.68 Å². The second-order valence-corrected chi connectivity index (χ2v) is 2.52. The highest BCUT2D eigenvalue weighted by atomic mass is 17.2. The molecular weight excluding hydrogens is 176 g/mol. The highest BCUT2D eigenvalue weighted by Crippen LogP contribution is 1.98. The molecule has 0 aliphatic carbocycles. The van der Waals surface area contributed by atoms with E-state index in [4.69, 9.17) is 5.11 Å². The van der Waals surface area contributed by atoms with Gasteiger partial charge in [-0.2, -0.15) is 4.89 Å². The molecule has 0 saturated heterocycles. The Bertz CT molecular complexity index is 166. The molecule has 5 nitrogen and oxygen atoms in total. The summed E-state index contributed by atoms with van der Waals surface area (Å²) in [4.78, 5) is 29.7. The standard InChI is InChI=1S/C8H14O5/c1-2-6-12-13-8(11)5-3-4-7(9)10/h2-6H2,1H3,(H,9,10). The molecule has 0 aliphatic heterocycles. The highest BCUT2D eigenvalue weighted by Gasteiger charge is 2.05. The van der Waals surface area contributed by atoms with Crippen molar-refractivity contribution in [3.63, 3.8) is 0 Å². The van der Waals surface area contributed by atoms with E-state index in [1.165, 1.54) is 0 Å². The molecule has 0 aromatic rings. The van der Waals surface area contributed by atoms with Crippen LogP contribution in [0.5, 0.6) is 0 Å². The average Bonchev–Trinajstić information content (AvgIpc) is 2.04. The maximum atomic E-state index is 10.8. The number of carbonyl (C=O) groups is 2. The third-order valence-corrected chi connectivity index (χ3v) is 1.21. The van der Waals surface area contributed by atoms with Crippen molar-refractivity contribution in [2.75, 3.05) is 6.61 Å². The fraction of sp³-hybridized carbons (Fsp3) is 0.750. The average molecular weight is 190 g/mol. The lowest BCUT2D eigenvalue weighted by molar-refractivity contribution is -0.272. The van der Waals surface area contributed by atoms with Gasteiger partial charge >= 0.3 is 11.9 Å². The Balaban J connectivity index is 3.25. The first-order valence-corrected chi connectivity index (χ1v) is 4.21. The van der Waals surface area contributed by atoms with Gasteiger partial charge in [0.15, 0.2) is 0 Å². The summed E-state index contributed by atoms with van der Waals surface area (Å²) in [5, 5.41) is 8.26. The van der Waals surface area contributed by atoms with Gasteiger partial charge in [-0.15, -0.1) is 0 Å². The monoisotopic (exact) mass is 190 g/mol. The molecule has 0 saturated carbocycles. The molecule has 76 valence electrons. The van der Waals surface area contributed by atoms with Gasteiger partial charge in [0, 0.05) is 12.8 Å². The molecule has 0 atom stereocenters. The molecule has 0 spiro atoms. The Kier molecular flexibility index (Phi) is 6.91. The Hall–Kier alpha value is -1.10. The predicted molar refractivity (Wildman–Crippen MR) is 43.8 cm³/mol. The quantitative estimate of drug-likeness (QED) is 0.370. The van der Waals surface area contributed by atoms with Crippen LogP contribution in [0.1, 0.15) is 32.6 Å². The molecule has 0 aromatic carbocycles. The van der Waals surface area contributed by atoms with Gasteiger partial charge in [-0.1, -0.05) is 6.92 Å². The third-order valence-electron chi connectivity index (χ3n) is 1.21. The van der Waals surface area contributed by atoms with Gasteiger partial charge in [0.05, 0.1) is 6.61 Å². The molecule has 0 unspecified atom stereocenters. The van der Waals surface area contributed by atoms with Crippen molar-refractivity contribution in [1.82, 2.24) is 0 Å². The summed E-state index contributed by atoms with van der Waals surface area (Å²) in [6, 6.07) is 0. The van der Waals surface area contributed by atoms with Crippen LogP contribution in [0.4, 0.5) is 0 Å². The van der Waals surface area contributed by atoms with Gasteiger partial charge in [-0.25, -0.2) is 4.79 Å². The molecule has 0 radical (unpaired) electrons. The summed E-state index contributed by atoms with van der Waals surface area (Å²) in [6.45, 7) is 2.25. The number of carbonyl (C=O) groups excluding carboxylic acids is 1. The lowest BCUT2D eigenvalue weighted by Gasteiger charge is -2.00. The molecule has 5 heteroatoms. The fourth-order valence-corrected chi connectivity index (χ4v) is 0.616. The maximum absolute atomic E-state index is 10.8. The van der Waals surface area contributed by atoms with Gasteiger partial charge < -0.3 is 5.11 Å². The minimum atomic E-state index is -0.915. The fourth-order valence-electron chi connectivity index (χ4n) is 0.616. The Morgan fingerprint density at radius 3 is 2.54 bits per heavy atom. The van der Waals surface area contributed by atoms with Crippen LogP contribution in [0.3, 0.4) is 0 Å². The molecule has 0 heterocycles. The number of carboxylic acid groups (broad SMARTS) is 1. The van der Waals surface area contributed by atoms with Crippen molar-refractivity contribution in [2.45, 2.75) is 32.6 Å². The van der Waals surface area contributed by atoms with Crippen LogP contribution in [0.2, 0.25) is 0 Å². The van der Waals surface area contributed by atoms with E-state index < -0.39 is 11.9 Å². The summed E-state index contributed by atoms with van der Waals surface area (Å²) in [6.07, 6.45) is 1.10. The van der Waals surface area contributed by atoms with Crippen molar-refractivity contribution in [2.24, 2.45) is 0 Å². The first-order chi connectivity index (χ1) is 6.16. The van der Waals surface area contributed by atoms with Crippen LogP contribution in [0.15, 0.2) is 0 Å². The van der Waals surface area contributed by atoms with E-state index in [1.807, 2.05) is 6.92 Å². The maximum Gasteiger partial charge on any atom is 0.342 e. The van der Waals surface area contributed by atoms with E-state index in [1.54, 1.807) is 0 Å². The highest BCUT2D eigenvalue weighted by molar-refractivity contribution is 5.71. The minimum absolute atomic E-state index is 0.0249. The van der Waals surface area contributed by atoms with Gasteiger partial charge in [-0.05, 0) is 12.8 Å². The van der Waals surface area contributed by atoms with Crippen LogP contribution in [-0.4, -0.2) is 23.7 Å². The number of carboxylic acids is 1. The first-order valence-electron chi connectivity index (χ1n) is 4.21. The minimum Gasteiger partial charge on any atom is -0.481 e. The number of hydrogen-bond acceptors (Lipinski definition) is 4. The van der Waals surface area contributed by atoms with Crippen molar-refractivity contribution in [1.29, 1.82) is 0 Å². The van der Waals surface area contributed by atoms with Crippen LogP contribution in [-0.2, 0) is 19.4 Å². The Morgan fingerprint density at radius 2 is 2.00 bits per heavy atom. The molecule has 1 N–H and O–H groups in total. The van der Waals surface area contributed by atoms with Gasteiger partial charge in [0.25, 0.3) is 0 Å². The Labute approximate surface area is 76.6 Å². The molecule has 0 aliphatic rings. The molecule has 13 heavy (non-hydrogen) atoms. The Morgan fingerprint density at radius 1 is 1.31 bits per heavy atom. The molecule has 0 fully saturated rings. The van der Waals surface area contributed by atoms with E-state index in [-0.39, 0.29) is 19.3 Å². The second-order valence-electron chi connectivity index (χ2n) is 2.52. The zero-order valence-electron chi connectivity index (χ0n) is 7.62. The van der Waals surface area contributed by atoms with Crippen LogP contribution in [0, 0.1) is 0 Å². The van der Waals surface area contributed by atoms with Crippen LogP contribution in [0.25, 0.3) is 0 Å². The molecular formula is C8H14O5. The van der Waals surface area contributed by atoms with Crippen molar-refractivity contribution in [3.05, 3.63) is 0 Å². The third kappa shape index (κ3) is 8.81. The van der Waals surface area contributed by atoms with Gasteiger partial charge in [0.1, 0.15) is 0 Å². The van der Waals surface area contributed by atoms with Crippen molar-refractivity contribution in [3.8, 4) is 0 Å². The van der Waals surface area contributed by atoms with Crippen molar-refractivity contribution < 1.29 is 24.5 Å². The summed E-state index contributed by atoms with van der Waals surface area (Å²) in [5.74, 6) is -1.43. The van der Waals surface area contributed by atoms with E-state index in [2.05, 4.69) is 9.78 Å². The normalized spacial score (nSPS) is 9.62. The van der Waals surface area contributed by atoms with Gasteiger partial charge in [0.2, 0.25) is 0 Å². The zero-order valence-corrected chi connectivity index (χ0v) is 7.62. The summed E-state index contributed by atoms with van der Waals surface area (Å²) < 4.78 is 0. The smallest absolute Gasteiger partial charge is 0.342 e. The summed E-state index contributed by atoms with van der Waals surface area (Å²) >= 11 is 0. The topological polar surface area (TPSA) is 72.8 Å². The number of rotatable bonds is 7. The lowest BCUT2D eigenvalue weighted by Crippen LogP contribution is -2.06. The summed E-state index contributed by atoms with van der Waals surface area (Å²) in [7, 11) is 0. The molecule has 0 amide bonds. The van der Waals surface area contributed by atoms with Crippen LogP contribution < -0.4 is 0 Å². The van der Waals surface area contributed by atoms with E-state index in [0.29, 0.717) is 6.61 Å². The largest absolute Gasteiger partial charge is 0.481 e. The lowest BCUT2D eigenvalue weighted by atomic mass is 10.2. The molecule has 0 rings (SSSR count). The predicted octanol–water partition coefficient (Wildman–Crippen LogP) is 1.13. The van der Waals surface area contributed by atoms with Crippen LogP contribution >= 0.6 is 0 Å².